The molecule has 3 nitrogen and oxygen atoms in total. The number of hydrogen-bond donors (Lipinski definition) is 0. The van der Waals surface area contributed by atoms with Gasteiger partial charge in [0.1, 0.15) is 5.01 Å². The van der Waals surface area contributed by atoms with Crippen LogP contribution in [0.5, 0.6) is 0 Å². The Hall–Kier alpha value is -0.0800. The molecule has 0 saturated carbocycles. The molecular weight excluding hydrogens is 365 g/mol. The molecule has 0 radical (unpaired) electrons. The fourth-order valence-corrected chi connectivity index (χ4v) is 2.46. The van der Waals surface area contributed by atoms with E-state index >= 15 is 0 Å². The van der Waals surface area contributed by atoms with Gasteiger partial charge in [0.25, 0.3) is 0 Å². The Labute approximate surface area is 101 Å². The Bertz CT molecular complexity index is 431. The molecule has 6 heteroatoms. The van der Waals surface area contributed by atoms with Crippen LogP contribution in [0.15, 0.2) is 22.9 Å². The van der Waals surface area contributed by atoms with Gasteiger partial charge in [-0.1, -0.05) is 0 Å². The van der Waals surface area contributed by atoms with Crippen LogP contribution in [0.25, 0.3) is 10.6 Å². The molecule has 13 heavy (non-hydrogen) atoms. The van der Waals surface area contributed by atoms with Gasteiger partial charge >= 0.3 is 0 Å². The molecule has 0 bridgehead atoms. The van der Waals surface area contributed by atoms with Crippen LogP contribution in [0.4, 0.5) is 0 Å². The zero-order valence-corrected chi connectivity index (χ0v) is 10.8. The van der Waals surface area contributed by atoms with E-state index < -0.39 is 0 Å². The van der Waals surface area contributed by atoms with E-state index in [4.69, 9.17) is 0 Å². The van der Waals surface area contributed by atoms with E-state index in [0.29, 0.717) is 0 Å². The molecule has 0 aromatic carbocycles. The average Bonchev–Trinajstić information content (AvgIpc) is 2.52. The normalized spacial score (nSPS) is 10.3. The predicted molar refractivity (Wildman–Crippen MR) is 63.6 cm³/mol. The Kier molecular flexibility index (Phi) is 2.89. The standard InChI is InChI=1S/C7H3BrIN3S/c8-5-1-4(2-10-3-5)6-11-7(9)12-13-6/h1-3H. The zero-order valence-electron chi connectivity index (χ0n) is 6.24. The fourth-order valence-electron chi connectivity index (χ4n) is 0.852. The molecule has 0 spiro atoms. The smallest absolute Gasteiger partial charge is 0.203 e. The number of hydrogen-bond acceptors (Lipinski definition) is 4. The topological polar surface area (TPSA) is 38.7 Å². The monoisotopic (exact) mass is 367 g/mol. The Morgan fingerprint density at radius 3 is 2.85 bits per heavy atom. The first-order valence-corrected chi connectivity index (χ1v) is 6.00. The van der Waals surface area contributed by atoms with Gasteiger partial charge in [0, 0.05) is 45.0 Å². The molecule has 66 valence electrons. The van der Waals surface area contributed by atoms with E-state index in [1.54, 1.807) is 12.4 Å². The maximum Gasteiger partial charge on any atom is 0.203 e. The van der Waals surface area contributed by atoms with Crippen molar-refractivity contribution in [1.82, 2.24) is 14.3 Å². The molecule has 2 aromatic rings. The molecule has 0 aliphatic rings. The van der Waals surface area contributed by atoms with Crippen molar-refractivity contribution in [1.29, 1.82) is 0 Å². The minimum absolute atomic E-state index is 0.776. The van der Waals surface area contributed by atoms with Crippen molar-refractivity contribution in [2.75, 3.05) is 0 Å². The van der Waals surface area contributed by atoms with Gasteiger partial charge in [-0.05, 0) is 33.5 Å². The Balaban J connectivity index is 2.46. The summed E-state index contributed by atoms with van der Waals surface area (Å²) < 4.78 is 5.83. The molecule has 0 N–H and O–H groups in total. The third-order valence-electron chi connectivity index (χ3n) is 1.35. The van der Waals surface area contributed by atoms with Gasteiger partial charge in [0.05, 0.1) is 0 Å². The summed E-state index contributed by atoms with van der Waals surface area (Å²) in [7, 11) is 0. The molecule has 0 saturated heterocycles. The van der Waals surface area contributed by atoms with E-state index in [1.165, 1.54) is 11.5 Å². The summed E-state index contributed by atoms with van der Waals surface area (Å²) >= 11 is 6.83. The number of rotatable bonds is 1. The molecular formula is C7H3BrIN3S. The van der Waals surface area contributed by atoms with E-state index in [2.05, 4.69) is 52.9 Å². The lowest BCUT2D eigenvalue weighted by atomic mass is 10.3. The summed E-state index contributed by atoms with van der Waals surface area (Å²) in [6.07, 6.45) is 3.52. The molecule has 0 fully saturated rings. The highest BCUT2D eigenvalue weighted by molar-refractivity contribution is 14.1. The number of aromatic nitrogens is 3. The van der Waals surface area contributed by atoms with Crippen LogP contribution in [-0.2, 0) is 0 Å². The van der Waals surface area contributed by atoms with Crippen LogP contribution in [0.2, 0.25) is 0 Å². The quantitative estimate of drug-likeness (QED) is 0.727. The molecule has 0 unspecified atom stereocenters. The highest BCUT2D eigenvalue weighted by Gasteiger charge is 2.04. The van der Waals surface area contributed by atoms with Gasteiger partial charge in [-0.2, -0.15) is 4.37 Å². The minimum Gasteiger partial charge on any atom is -0.263 e. The number of halogens is 2. The molecule has 2 aromatic heterocycles. The fraction of sp³-hybridized carbons (Fsp3) is 0. The van der Waals surface area contributed by atoms with E-state index in [1.807, 2.05) is 6.07 Å². The highest BCUT2D eigenvalue weighted by Crippen LogP contribution is 2.23. The van der Waals surface area contributed by atoms with Crippen molar-refractivity contribution in [3.63, 3.8) is 0 Å². The number of pyridine rings is 1. The van der Waals surface area contributed by atoms with Crippen molar-refractivity contribution < 1.29 is 0 Å². The van der Waals surface area contributed by atoms with E-state index in [9.17, 15) is 0 Å². The highest BCUT2D eigenvalue weighted by atomic mass is 127. The summed E-state index contributed by atoms with van der Waals surface area (Å²) in [6, 6.07) is 1.98. The van der Waals surface area contributed by atoms with E-state index in [0.717, 1.165) is 18.9 Å². The van der Waals surface area contributed by atoms with Crippen LogP contribution in [0.1, 0.15) is 0 Å². The lowest BCUT2D eigenvalue weighted by Gasteiger charge is -1.93. The third kappa shape index (κ3) is 2.23. The van der Waals surface area contributed by atoms with Crippen LogP contribution < -0.4 is 0 Å². The number of nitrogens with zero attached hydrogens (tertiary/aromatic N) is 3. The molecule has 0 amide bonds. The van der Waals surface area contributed by atoms with Crippen molar-refractivity contribution in [3.8, 4) is 10.6 Å². The average molecular weight is 368 g/mol. The van der Waals surface area contributed by atoms with Crippen LogP contribution in [0.3, 0.4) is 0 Å². The largest absolute Gasteiger partial charge is 0.263 e. The van der Waals surface area contributed by atoms with Gasteiger partial charge in [-0.3, -0.25) is 4.98 Å². The first kappa shape index (κ1) is 9.47. The summed E-state index contributed by atoms with van der Waals surface area (Å²) in [5, 5.41) is 0.901. The van der Waals surface area contributed by atoms with E-state index in [-0.39, 0.29) is 0 Å². The van der Waals surface area contributed by atoms with Gasteiger partial charge in [-0.25, -0.2) is 4.98 Å². The second-order valence-electron chi connectivity index (χ2n) is 2.26. The second kappa shape index (κ2) is 3.97. The zero-order chi connectivity index (χ0) is 9.26. The maximum atomic E-state index is 4.26. The van der Waals surface area contributed by atoms with Gasteiger partial charge in [0.2, 0.25) is 3.83 Å². The van der Waals surface area contributed by atoms with Crippen LogP contribution in [0, 0.1) is 3.83 Å². The summed E-state index contributed by atoms with van der Waals surface area (Å²) in [4.78, 5) is 8.31. The van der Waals surface area contributed by atoms with Gasteiger partial charge in [-0.15, -0.1) is 0 Å². The van der Waals surface area contributed by atoms with Crippen molar-refractivity contribution in [2.45, 2.75) is 0 Å². The second-order valence-corrected chi connectivity index (χ2v) is 4.89. The summed E-state index contributed by atoms with van der Waals surface area (Å²) in [6.45, 7) is 0. The molecule has 2 rings (SSSR count). The molecule has 2 heterocycles. The Morgan fingerprint density at radius 1 is 1.38 bits per heavy atom. The van der Waals surface area contributed by atoms with Crippen molar-refractivity contribution >= 4 is 50.1 Å². The lowest BCUT2D eigenvalue weighted by molar-refractivity contribution is 1.24. The molecule has 0 aliphatic carbocycles. The Morgan fingerprint density at radius 2 is 2.23 bits per heavy atom. The first-order chi connectivity index (χ1) is 6.25. The third-order valence-corrected chi connectivity index (χ3v) is 3.36. The van der Waals surface area contributed by atoms with Gasteiger partial charge < -0.3 is 0 Å². The molecule has 0 atom stereocenters. The van der Waals surface area contributed by atoms with Crippen LogP contribution in [-0.4, -0.2) is 14.3 Å². The maximum absolute atomic E-state index is 4.26. The van der Waals surface area contributed by atoms with Crippen LogP contribution >= 0.6 is 50.1 Å². The minimum atomic E-state index is 0.776. The van der Waals surface area contributed by atoms with Gasteiger partial charge in [0.15, 0.2) is 0 Å². The lowest BCUT2D eigenvalue weighted by Crippen LogP contribution is -1.79. The first-order valence-electron chi connectivity index (χ1n) is 3.36. The summed E-state index contributed by atoms with van der Waals surface area (Å²) in [5.41, 5.74) is 0.995. The summed E-state index contributed by atoms with van der Waals surface area (Å²) in [5.74, 6) is 0. The SMILES string of the molecule is Brc1cncc(-c2nc(I)ns2)c1. The van der Waals surface area contributed by atoms with Crippen molar-refractivity contribution in [3.05, 3.63) is 26.8 Å². The molecule has 0 aliphatic heterocycles. The van der Waals surface area contributed by atoms with Crippen molar-refractivity contribution in [2.24, 2.45) is 0 Å². The predicted octanol–water partition coefficient (Wildman–Crippen LogP) is 2.97.